The highest BCUT2D eigenvalue weighted by Gasteiger charge is 2.30. The molecule has 4 nitrogen and oxygen atoms in total. The standard InChI is InChI=1S/C15H12F3NO3/c1-21-19-14(20)10-4-2-6-12(8-10)22-13-7-3-5-11(9-13)15(16,17)18/h2-9H,1H3,(H,19,20). The van der Waals surface area contributed by atoms with Gasteiger partial charge < -0.3 is 4.74 Å². The van der Waals surface area contributed by atoms with Gasteiger partial charge in [-0.1, -0.05) is 12.1 Å². The molecule has 116 valence electrons. The summed E-state index contributed by atoms with van der Waals surface area (Å²) in [7, 11) is 1.29. The molecular formula is C15H12F3NO3. The summed E-state index contributed by atoms with van der Waals surface area (Å²) < 4.78 is 43.3. The SMILES string of the molecule is CONC(=O)c1cccc(Oc2cccc(C(F)(F)F)c2)c1. The first kappa shape index (κ1) is 15.8. The fourth-order valence-electron chi connectivity index (χ4n) is 1.72. The van der Waals surface area contributed by atoms with E-state index in [0.29, 0.717) is 0 Å². The van der Waals surface area contributed by atoms with Crippen LogP contribution in [0.3, 0.4) is 0 Å². The number of hydrogen-bond acceptors (Lipinski definition) is 3. The summed E-state index contributed by atoms with van der Waals surface area (Å²) in [5.74, 6) is -0.223. The van der Waals surface area contributed by atoms with E-state index >= 15 is 0 Å². The summed E-state index contributed by atoms with van der Waals surface area (Å²) in [6.45, 7) is 0. The summed E-state index contributed by atoms with van der Waals surface area (Å²) in [6, 6.07) is 10.5. The first-order valence-corrected chi connectivity index (χ1v) is 6.18. The van der Waals surface area contributed by atoms with Crippen LogP contribution in [0.5, 0.6) is 11.5 Å². The van der Waals surface area contributed by atoms with E-state index in [1.807, 2.05) is 0 Å². The molecule has 0 aliphatic carbocycles. The van der Waals surface area contributed by atoms with E-state index in [1.54, 1.807) is 6.07 Å². The van der Waals surface area contributed by atoms with Crippen LogP contribution in [0.15, 0.2) is 48.5 Å². The van der Waals surface area contributed by atoms with Gasteiger partial charge >= 0.3 is 6.18 Å². The first-order chi connectivity index (χ1) is 10.4. The van der Waals surface area contributed by atoms with Crippen LogP contribution in [0.25, 0.3) is 0 Å². The number of nitrogens with one attached hydrogen (secondary N) is 1. The van der Waals surface area contributed by atoms with Gasteiger partial charge in [0, 0.05) is 5.56 Å². The molecule has 1 N–H and O–H groups in total. The van der Waals surface area contributed by atoms with Gasteiger partial charge in [0.05, 0.1) is 12.7 Å². The molecule has 0 aliphatic rings. The molecular weight excluding hydrogens is 299 g/mol. The smallest absolute Gasteiger partial charge is 0.416 e. The Morgan fingerprint density at radius 1 is 1.05 bits per heavy atom. The van der Waals surface area contributed by atoms with Gasteiger partial charge in [-0.25, -0.2) is 5.48 Å². The molecule has 0 aliphatic heterocycles. The van der Waals surface area contributed by atoms with E-state index < -0.39 is 17.6 Å². The normalized spacial score (nSPS) is 11.1. The maximum Gasteiger partial charge on any atom is 0.416 e. The third-order valence-corrected chi connectivity index (χ3v) is 2.69. The molecule has 0 saturated carbocycles. The van der Waals surface area contributed by atoms with Gasteiger partial charge in [0.1, 0.15) is 11.5 Å². The summed E-state index contributed by atoms with van der Waals surface area (Å²) in [4.78, 5) is 16.1. The van der Waals surface area contributed by atoms with Crippen molar-refractivity contribution in [3.63, 3.8) is 0 Å². The van der Waals surface area contributed by atoms with Crippen LogP contribution in [0.2, 0.25) is 0 Å². The Morgan fingerprint density at radius 2 is 1.68 bits per heavy atom. The van der Waals surface area contributed by atoms with Crippen molar-refractivity contribution in [1.29, 1.82) is 0 Å². The molecule has 0 aromatic heterocycles. The Labute approximate surface area is 124 Å². The maximum absolute atomic E-state index is 12.6. The summed E-state index contributed by atoms with van der Waals surface area (Å²) >= 11 is 0. The van der Waals surface area contributed by atoms with Crippen molar-refractivity contribution in [2.45, 2.75) is 6.18 Å². The molecule has 2 aromatic carbocycles. The number of hydrogen-bond donors (Lipinski definition) is 1. The predicted octanol–water partition coefficient (Wildman–Crippen LogP) is 3.79. The number of halogens is 3. The minimum absolute atomic E-state index is 0.0270. The Hall–Kier alpha value is -2.54. The van der Waals surface area contributed by atoms with Crippen molar-refractivity contribution in [2.75, 3.05) is 7.11 Å². The zero-order valence-electron chi connectivity index (χ0n) is 11.5. The molecule has 1 amide bonds. The highest BCUT2D eigenvalue weighted by atomic mass is 19.4. The highest BCUT2D eigenvalue weighted by Crippen LogP contribution is 2.32. The van der Waals surface area contributed by atoms with Crippen LogP contribution in [0, 0.1) is 0 Å². The van der Waals surface area contributed by atoms with Crippen molar-refractivity contribution in [1.82, 2.24) is 5.48 Å². The number of carbonyl (C=O) groups is 1. The molecule has 0 saturated heterocycles. The molecule has 0 fully saturated rings. The number of amides is 1. The number of hydroxylamine groups is 1. The zero-order valence-corrected chi connectivity index (χ0v) is 11.5. The van der Waals surface area contributed by atoms with Crippen molar-refractivity contribution >= 4 is 5.91 Å². The Bertz CT molecular complexity index is 671. The first-order valence-electron chi connectivity index (χ1n) is 6.18. The summed E-state index contributed by atoms with van der Waals surface area (Å²) in [5, 5.41) is 0. The lowest BCUT2D eigenvalue weighted by Gasteiger charge is -2.10. The number of benzene rings is 2. The van der Waals surface area contributed by atoms with Gasteiger partial charge in [-0.05, 0) is 36.4 Å². The minimum Gasteiger partial charge on any atom is -0.457 e. The lowest BCUT2D eigenvalue weighted by molar-refractivity contribution is -0.137. The fourth-order valence-corrected chi connectivity index (χ4v) is 1.72. The molecule has 2 rings (SSSR count). The molecule has 22 heavy (non-hydrogen) atoms. The predicted molar refractivity (Wildman–Crippen MR) is 72.4 cm³/mol. The van der Waals surface area contributed by atoms with E-state index in [0.717, 1.165) is 12.1 Å². The van der Waals surface area contributed by atoms with E-state index in [-0.39, 0.29) is 17.1 Å². The minimum atomic E-state index is -4.44. The highest BCUT2D eigenvalue weighted by molar-refractivity contribution is 5.93. The average molecular weight is 311 g/mol. The summed E-state index contributed by atoms with van der Waals surface area (Å²) in [5.41, 5.74) is 1.59. The average Bonchev–Trinajstić information content (AvgIpc) is 2.47. The van der Waals surface area contributed by atoms with Crippen LogP contribution in [0.1, 0.15) is 15.9 Å². The molecule has 0 unspecified atom stereocenters. The summed E-state index contributed by atoms with van der Waals surface area (Å²) in [6.07, 6.45) is -4.44. The quantitative estimate of drug-likeness (QED) is 0.874. The second-order valence-electron chi connectivity index (χ2n) is 4.29. The molecule has 0 bridgehead atoms. The molecule has 0 atom stereocenters. The molecule has 0 radical (unpaired) electrons. The topological polar surface area (TPSA) is 47.6 Å². The van der Waals surface area contributed by atoms with Crippen LogP contribution in [-0.2, 0) is 11.0 Å². The maximum atomic E-state index is 12.6. The Balaban J connectivity index is 2.21. The van der Waals surface area contributed by atoms with E-state index in [2.05, 4.69) is 10.3 Å². The fraction of sp³-hybridized carbons (Fsp3) is 0.133. The van der Waals surface area contributed by atoms with Crippen LogP contribution in [-0.4, -0.2) is 13.0 Å². The largest absolute Gasteiger partial charge is 0.457 e. The van der Waals surface area contributed by atoms with E-state index in [9.17, 15) is 18.0 Å². The van der Waals surface area contributed by atoms with Crippen LogP contribution < -0.4 is 10.2 Å². The molecule has 2 aromatic rings. The third-order valence-electron chi connectivity index (χ3n) is 2.69. The van der Waals surface area contributed by atoms with Crippen LogP contribution >= 0.6 is 0 Å². The Kier molecular flexibility index (Phi) is 4.67. The Morgan fingerprint density at radius 3 is 2.32 bits per heavy atom. The zero-order chi connectivity index (χ0) is 16.2. The second kappa shape index (κ2) is 6.48. The number of rotatable bonds is 4. The lowest BCUT2D eigenvalue weighted by Crippen LogP contribution is -2.21. The van der Waals surface area contributed by atoms with Gasteiger partial charge in [0.2, 0.25) is 0 Å². The molecule has 0 heterocycles. The van der Waals surface area contributed by atoms with Crippen molar-refractivity contribution < 1.29 is 27.5 Å². The third kappa shape index (κ3) is 3.98. The van der Waals surface area contributed by atoms with Crippen molar-refractivity contribution in [3.05, 3.63) is 59.7 Å². The van der Waals surface area contributed by atoms with Gasteiger partial charge in [-0.15, -0.1) is 0 Å². The van der Waals surface area contributed by atoms with Gasteiger partial charge in [-0.2, -0.15) is 13.2 Å². The number of ether oxygens (including phenoxy) is 1. The number of carbonyl (C=O) groups excluding carboxylic acids is 1. The van der Waals surface area contributed by atoms with Gasteiger partial charge in [0.15, 0.2) is 0 Å². The number of alkyl halides is 3. The van der Waals surface area contributed by atoms with Crippen molar-refractivity contribution in [3.8, 4) is 11.5 Å². The van der Waals surface area contributed by atoms with E-state index in [1.165, 1.54) is 37.4 Å². The lowest BCUT2D eigenvalue weighted by atomic mass is 10.2. The van der Waals surface area contributed by atoms with Crippen LogP contribution in [0.4, 0.5) is 13.2 Å². The van der Waals surface area contributed by atoms with Gasteiger partial charge in [0.25, 0.3) is 5.91 Å². The van der Waals surface area contributed by atoms with Gasteiger partial charge in [-0.3, -0.25) is 9.63 Å². The molecule has 0 spiro atoms. The molecule has 7 heteroatoms. The van der Waals surface area contributed by atoms with Crippen molar-refractivity contribution in [2.24, 2.45) is 0 Å². The monoisotopic (exact) mass is 311 g/mol. The van der Waals surface area contributed by atoms with E-state index in [4.69, 9.17) is 4.74 Å². The second-order valence-corrected chi connectivity index (χ2v) is 4.29.